The van der Waals surface area contributed by atoms with Crippen LogP contribution < -0.4 is 4.90 Å². The number of rotatable bonds is 5. The highest BCUT2D eigenvalue weighted by Crippen LogP contribution is 2.41. The third kappa shape index (κ3) is 4.10. The van der Waals surface area contributed by atoms with E-state index in [1.54, 1.807) is 11.0 Å². The van der Waals surface area contributed by atoms with E-state index in [1.807, 2.05) is 18.2 Å². The Labute approximate surface area is 192 Å². The molecule has 6 rings (SSSR count). The predicted molar refractivity (Wildman–Crippen MR) is 123 cm³/mol. The van der Waals surface area contributed by atoms with Crippen molar-refractivity contribution in [3.63, 3.8) is 0 Å². The van der Waals surface area contributed by atoms with Gasteiger partial charge in [0.1, 0.15) is 5.82 Å². The van der Waals surface area contributed by atoms with E-state index in [0.717, 1.165) is 62.1 Å². The number of amides is 1. The molecule has 33 heavy (non-hydrogen) atoms. The number of hydrogen-bond donors (Lipinski definition) is 0. The predicted octanol–water partition coefficient (Wildman–Crippen LogP) is 4.98. The molecule has 2 atom stereocenters. The molecule has 6 nitrogen and oxygen atoms in total. The summed E-state index contributed by atoms with van der Waals surface area (Å²) >= 11 is 0. The number of para-hydroxylation sites is 1. The quantitative estimate of drug-likeness (QED) is 0.550. The first-order chi connectivity index (χ1) is 16.2. The lowest BCUT2D eigenvalue weighted by Gasteiger charge is -2.31. The van der Waals surface area contributed by atoms with Gasteiger partial charge in [-0.15, -0.1) is 0 Å². The molecule has 7 heteroatoms. The Morgan fingerprint density at radius 2 is 1.97 bits per heavy atom. The Hall–Kier alpha value is -2.93. The molecule has 0 spiro atoms. The molecule has 1 aromatic heterocycles. The third-order valence-corrected chi connectivity index (χ3v) is 7.53. The number of hydrogen-bond acceptors (Lipinski definition) is 5. The van der Waals surface area contributed by atoms with Crippen LogP contribution in [0.5, 0.6) is 0 Å². The fourth-order valence-corrected chi connectivity index (χ4v) is 5.47. The number of piperidine rings is 1. The molecule has 2 aromatic carbocycles. The molecule has 172 valence electrons. The molecule has 1 saturated heterocycles. The van der Waals surface area contributed by atoms with Crippen LogP contribution >= 0.6 is 0 Å². The summed E-state index contributed by atoms with van der Waals surface area (Å²) in [5.74, 6) is 1.14. The van der Waals surface area contributed by atoms with E-state index in [-0.39, 0.29) is 11.9 Å². The maximum atomic E-state index is 13.4. The molecule has 3 aromatic rings. The van der Waals surface area contributed by atoms with Crippen molar-refractivity contribution in [2.75, 3.05) is 37.7 Å². The van der Waals surface area contributed by atoms with E-state index >= 15 is 0 Å². The first-order valence-corrected chi connectivity index (χ1v) is 11.9. The minimum Gasteiger partial charge on any atom is -0.449 e. The van der Waals surface area contributed by atoms with Crippen LogP contribution in [0.1, 0.15) is 36.4 Å². The molecular weight excluding hydrogens is 421 g/mol. The smallest absolute Gasteiger partial charge is 0.414 e. The van der Waals surface area contributed by atoms with Crippen LogP contribution in [0, 0.1) is 17.7 Å². The van der Waals surface area contributed by atoms with Crippen molar-refractivity contribution in [2.24, 2.45) is 11.8 Å². The third-order valence-electron chi connectivity index (χ3n) is 7.53. The number of likely N-dealkylation sites (tertiary alicyclic amines) is 1. The van der Waals surface area contributed by atoms with Crippen molar-refractivity contribution in [3.8, 4) is 0 Å². The standard InChI is InChI=1S/C26H28FN3O3/c27-21-5-6-22-24(14-21)33-28-25(22)18-7-10-29(11-8-18)15-19-13-20(19)16-32-26(31)30-12-9-17-3-1-2-4-23(17)30/h1-6,14,18-20H,7-13,15-16H2/t19-,20-/m1/s1. The van der Waals surface area contributed by atoms with Crippen LogP contribution in [-0.2, 0) is 11.2 Å². The molecule has 0 unspecified atom stereocenters. The molecule has 0 bridgehead atoms. The zero-order valence-corrected chi connectivity index (χ0v) is 18.6. The van der Waals surface area contributed by atoms with Gasteiger partial charge in [-0.2, -0.15) is 0 Å². The Bertz CT molecular complexity index is 1170. The number of halogens is 1. The number of aromatic nitrogens is 1. The number of nitrogens with zero attached hydrogens (tertiary/aromatic N) is 3. The van der Waals surface area contributed by atoms with Gasteiger partial charge in [0.05, 0.1) is 18.0 Å². The summed E-state index contributed by atoms with van der Waals surface area (Å²) in [5, 5.41) is 5.18. The van der Waals surface area contributed by atoms with Gasteiger partial charge >= 0.3 is 6.09 Å². The number of carbonyl (C=O) groups excluding carboxylic acids is 1. The molecule has 1 saturated carbocycles. The van der Waals surface area contributed by atoms with Crippen LogP contribution in [0.25, 0.3) is 11.0 Å². The molecule has 1 amide bonds. The minimum atomic E-state index is -0.296. The van der Waals surface area contributed by atoms with E-state index in [1.165, 1.54) is 17.7 Å². The summed E-state index contributed by atoms with van der Waals surface area (Å²) in [6.07, 6.45) is 3.86. The van der Waals surface area contributed by atoms with Crippen LogP contribution in [0.15, 0.2) is 47.0 Å². The first kappa shape index (κ1) is 20.7. The monoisotopic (exact) mass is 449 g/mol. The molecule has 2 fully saturated rings. The van der Waals surface area contributed by atoms with Crippen molar-refractivity contribution >= 4 is 22.7 Å². The number of carbonyl (C=O) groups is 1. The molecule has 0 radical (unpaired) electrons. The number of ether oxygens (including phenoxy) is 1. The summed E-state index contributed by atoms with van der Waals surface area (Å²) in [6.45, 7) is 4.32. The molecule has 2 aliphatic heterocycles. The normalized spacial score (nSPS) is 23.1. The van der Waals surface area contributed by atoms with Crippen LogP contribution in [0.2, 0.25) is 0 Å². The Morgan fingerprint density at radius 1 is 1.12 bits per heavy atom. The highest BCUT2D eigenvalue weighted by molar-refractivity contribution is 5.90. The maximum Gasteiger partial charge on any atom is 0.414 e. The van der Waals surface area contributed by atoms with Crippen LogP contribution in [0.3, 0.4) is 0 Å². The molecule has 3 heterocycles. The molecule has 1 aliphatic carbocycles. The fraction of sp³-hybridized carbons (Fsp3) is 0.462. The zero-order chi connectivity index (χ0) is 22.4. The lowest BCUT2D eigenvalue weighted by molar-refractivity contribution is 0.143. The minimum absolute atomic E-state index is 0.217. The van der Waals surface area contributed by atoms with Crippen LogP contribution in [-0.4, -0.2) is 48.9 Å². The average Bonchev–Trinajstić information content (AvgIpc) is 3.23. The second-order valence-corrected chi connectivity index (χ2v) is 9.65. The maximum absolute atomic E-state index is 13.4. The molecular formula is C26H28FN3O3. The fourth-order valence-electron chi connectivity index (χ4n) is 5.47. The SMILES string of the molecule is O=C(OC[C@H]1C[C@@H]1CN1CCC(c2noc3cc(F)ccc23)CC1)N1CCc2ccccc21. The van der Waals surface area contributed by atoms with Crippen molar-refractivity contribution in [1.29, 1.82) is 0 Å². The van der Waals surface area contributed by atoms with E-state index in [4.69, 9.17) is 9.26 Å². The second kappa shape index (κ2) is 8.45. The Morgan fingerprint density at radius 3 is 2.85 bits per heavy atom. The Balaban J connectivity index is 0.959. The number of anilines is 1. The van der Waals surface area contributed by atoms with E-state index < -0.39 is 0 Å². The van der Waals surface area contributed by atoms with Gasteiger partial charge < -0.3 is 14.2 Å². The van der Waals surface area contributed by atoms with Gasteiger partial charge in [-0.05, 0) is 74.4 Å². The molecule has 3 aliphatic rings. The highest BCUT2D eigenvalue weighted by atomic mass is 19.1. The average molecular weight is 450 g/mol. The summed E-state index contributed by atoms with van der Waals surface area (Å²) in [6, 6.07) is 12.7. The van der Waals surface area contributed by atoms with Gasteiger partial charge in [0.2, 0.25) is 0 Å². The summed E-state index contributed by atoms with van der Waals surface area (Å²) in [7, 11) is 0. The topological polar surface area (TPSA) is 58.8 Å². The lowest BCUT2D eigenvalue weighted by atomic mass is 9.91. The zero-order valence-electron chi connectivity index (χ0n) is 18.6. The van der Waals surface area contributed by atoms with Gasteiger partial charge in [0, 0.05) is 30.5 Å². The second-order valence-electron chi connectivity index (χ2n) is 9.65. The van der Waals surface area contributed by atoms with E-state index in [2.05, 4.69) is 16.1 Å². The van der Waals surface area contributed by atoms with E-state index in [9.17, 15) is 9.18 Å². The first-order valence-electron chi connectivity index (χ1n) is 11.9. The van der Waals surface area contributed by atoms with Crippen molar-refractivity contribution in [1.82, 2.24) is 10.1 Å². The van der Waals surface area contributed by atoms with Gasteiger partial charge in [0.15, 0.2) is 5.58 Å². The van der Waals surface area contributed by atoms with Crippen molar-refractivity contribution in [3.05, 3.63) is 59.5 Å². The van der Waals surface area contributed by atoms with Gasteiger partial charge in [0.25, 0.3) is 0 Å². The summed E-state index contributed by atoms with van der Waals surface area (Å²) < 4.78 is 24.4. The largest absolute Gasteiger partial charge is 0.449 e. The number of fused-ring (bicyclic) bond motifs is 2. The van der Waals surface area contributed by atoms with Crippen molar-refractivity contribution in [2.45, 2.75) is 31.6 Å². The number of benzene rings is 2. The van der Waals surface area contributed by atoms with Gasteiger partial charge in [-0.3, -0.25) is 4.90 Å². The highest BCUT2D eigenvalue weighted by Gasteiger charge is 2.40. The van der Waals surface area contributed by atoms with Crippen molar-refractivity contribution < 1.29 is 18.4 Å². The summed E-state index contributed by atoms with van der Waals surface area (Å²) in [5.41, 5.74) is 3.69. The van der Waals surface area contributed by atoms with Crippen LogP contribution in [0.4, 0.5) is 14.9 Å². The van der Waals surface area contributed by atoms with E-state index in [0.29, 0.717) is 36.5 Å². The lowest BCUT2D eigenvalue weighted by Crippen LogP contribution is -2.35. The summed E-state index contributed by atoms with van der Waals surface area (Å²) in [4.78, 5) is 16.8. The van der Waals surface area contributed by atoms with Gasteiger partial charge in [-0.1, -0.05) is 23.4 Å². The van der Waals surface area contributed by atoms with Gasteiger partial charge in [-0.25, -0.2) is 9.18 Å². The Kier molecular flexibility index (Phi) is 5.29. The molecule has 0 N–H and O–H groups in total.